The van der Waals surface area contributed by atoms with Gasteiger partial charge >= 0.3 is 0 Å². The average molecular weight is 224 g/mol. The molecule has 2 fully saturated rings. The fourth-order valence-electron chi connectivity index (χ4n) is 3.30. The van der Waals surface area contributed by atoms with Gasteiger partial charge in [-0.15, -0.1) is 0 Å². The van der Waals surface area contributed by atoms with Crippen molar-refractivity contribution in [1.29, 1.82) is 0 Å². The van der Waals surface area contributed by atoms with Crippen molar-refractivity contribution >= 4 is 5.91 Å². The Hall–Kier alpha value is -0.570. The summed E-state index contributed by atoms with van der Waals surface area (Å²) in [5, 5.41) is 3.19. The van der Waals surface area contributed by atoms with Crippen molar-refractivity contribution in [2.75, 3.05) is 0 Å². The number of nitrogens with one attached hydrogen (secondary N) is 1. The van der Waals surface area contributed by atoms with E-state index in [1.165, 1.54) is 25.7 Å². The van der Waals surface area contributed by atoms with E-state index in [1.54, 1.807) is 0 Å². The van der Waals surface area contributed by atoms with E-state index in [2.05, 4.69) is 5.32 Å². The molecule has 2 bridgehead atoms. The maximum atomic E-state index is 12.1. The summed E-state index contributed by atoms with van der Waals surface area (Å²) < 4.78 is 0. The Morgan fingerprint density at radius 3 is 2.44 bits per heavy atom. The van der Waals surface area contributed by atoms with E-state index in [0.717, 1.165) is 24.7 Å². The van der Waals surface area contributed by atoms with E-state index >= 15 is 0 Å². The largest absolute Gasteiger partial charge is 0.351 e. The molecule has 2 aliphatic carbocycles. The Morgan fingerprint density at radius 2 is 2.00 bits per heavy atom. The van der Waals surface area contributed by atoms with Gasteiger partial charge in [0.25, 0.3) is 0 Å². The molecule has 3 nitrogen and oxygen atoms in total. The Morgan fingerprint density at radius 1 is 1.31 bits per heavy atom. The molecule has 0 aromatic rings. The highest BCUT2D eigenvalue weighted by Crippen LogP contribution is 2.44. The van der Waals surface area contributed by atoms with Crippen LogP contribution in [0.15, 0.2) is 0 Å². The van der Waals surface area contributed by atoms with Crippen molar-refractivity contribution in [3.05, 3.63) is 0 Å². The predicted molar refractivity (Wildman–Crippen MR) is 64.9 cm³/mol. The summed E-state index contributed by atoms with van der Waals surface area (Å²) in [7, 11) is 0. The number of hydrogen-bond acceptors (Lipinski definition) is 2. The van der Waals surface area contributed by atoms with Crippen LogP contribution >= 0.6 is 0 Å². The van der Waals surface area contributed by atoms with E-state index in [1.807, 2.05) is 13.8 Å². The smallest absolute Gasteiger partial charge is 0.240 e. The lowest BCUT2D eigenvalue weighted by molar-refractivity contribution is -0.127. The molecule has 0 heterocycles. The monoisotopic (exact) mass is 224 g/mol. The van der Waals surface area contributed by atoms with Gasteiger partial charge in [-0.1, -0.05) is 20.3 Å². The third-order valence-corrected chi connectivity index (χ3v) is 4.77. The van der Waals surface area contributed by atoms with E-state index in [9.17, 15) is 4.79 Å². The number of nitrogens with two attached hydrogens (primary N) is 1. The zero-order chi connectivity index (χ0) is 11.8. The fraction of sp³-hybridized carbons (Fsp3) is 0.923. The minimum atomic E-state index is -0.651. The second kappa shape index (κ2) is 4.36. The predicted octanol–water partition coefficient (Wildman–Crippen LogP) is 1.81. The first kappa shape index (κ1) is 11.9. The number of fused-ring (bicyclic) bond motifs is 2. The summed E-state index contributed by atoms with van der Waals surface area (Å²) in [5.41, 5.74) is 5.45. The Labute approximate surface area is 98.2 Å². The van der Waals surface area contributed by atoms with Crippen LogP contribution < -0.4 is 11.1 Å². The fourth-order valence-corrected chi connectivity index (χ4v) is 3.30. The molecule has 3 heteroatoms. The van der Waals surface area contributed by atoms with Gasteiger partial charge in [-0.3, -0.25) is 4.79 Å². The molecule has 3 N–H and O–H groups in total. The van der Waals surface area contributed by atoms with Crippen LogP contribution in [0, 0.1) is 11.8 Å². The van der Waals surface area contributed by atoms with Gasteiger partial charge < -0.3 is 11.1 Å². The van der Waals surface area contributed by atoms with Gasteiger partial charge in [0.2, 0.25) is 5.91 Å². The maximum absolute atomic E-state index is 12.1. The molecule has 0 aliphatic heterocycles. The number of carbonyl (C=O) groups is 1. The molecular weight excluding hydrogens is 200 g/mol. The number of amides is 1. The molecule has 16 heavy (non-hydrogen) atoms. The second-order valence-corrected chi connectivity index (χ2v) is 5.62. The minimum Gasteiger partial charge on any atom is -0.351 e. The molecule has 0 spiro atoms. The van der Waals surface area contributed by atoms with E-state index in [4.69, 9.17) is 5.73 Å². The summed E-state index contributed by atoms with van der Waals surface area (Å²) in [6.07, 6.45) is 6.60. The maximum Gasteiger partial charge on any atom is 0.240 e. The number of carbonyl (C=O) groups excluding carboxylic acids is 1. The Bertz CT molecular complexity index is 273. The average Bonchev–Trinajstić information content (AvgIpc) is 2.89. The molecule has 3 atom stereocenters. The SMILES string of the molecule is CCC(N)(CC)C(=O)NC1CC2CCC1C2. The first-order valence-corrected chi connectivity index (χ1v) is 6.69. The highest BCUT2D eigenvalue weighted by Gasteiger charge is 2.42. The van der Waals surface area contributed by atoms with Crippen molar-refractivity contribution in [3.8, 4) is 0 Å². The lowest BCUT2D eigenvalue weighted by Gasteiger charge is -2.30. The van der Waals surface area contributed by atoms with Crippen molar-refractivity contribution in [3.63, 3.8) is 0 Å². The van der Waals surface area contributed by atoms with Crippen LogP contribution in [0.25, 0.3) is 0 Å². The Kier molecular flexibility index (Phi) is 3.24. The summed E-state index contributed by atoms with van der Waals surface area (Å²) in [6.45, 7) is 3.98. The number of hydrogen-bond donors (Lipinski definition) is 2. The summed E-state index contributed by atoms with van der Waals surface area (Å²) >= 11 is 0. The highest BCUT2D eigenvalue weighted by molar-refractivity contribution is 5.86. The zero-order valence-corrected chi connectivity index (χ0v) is 10.5. The van der Waals surface area contributed by atoms with Crippen molar-refractivity contribution < 1.29 is 4.79 Å². The van der Waals surface area contributed by atoms with Crippen LogP contribution in [0.1, 0.15) is 52.4 Å². The van der Waals surface area contributed by atoms with Gasteiger partial charge in [-0.2, -0.15) is 0 Å². The molecule has 0 radical (unpaired) electrons. The van der Waals surface area contributed by atoms with Gasteiger partial charge in [0.1, 0.15) is 0 Å². The van der Waals surface area contributed by atoms with Crippen LogP contribution in [-0.2, 0) is 4.79 Å². The van der Waals surface area contributed by atoms with Gasteiger partial charge in [0.05, 0.1) is 5.54 Å². The van der Waals surface area contributed by atoms with Crippen LogP contribution in [0.2, 0.25) is 0 Å². The van der Waals surface area contributed by atoms with Crippen molar-refractivity contribution in [2.24, 2.45) is 17.6 Å². The van der Waals surface area contributed by atoms with Crippen molar-refractivity contribution in [1.82, 2.24) is 5.32 Å². The summed E-state index contributed by atoms with van der Waals surface area (Å²) in [4.78, 5) is 12.1. The first-order valence-electron chi connectivity index (χ1n) is 6.69. The van der Waals surface area contributed by atoms with E-state index < -0.39 is 5.54 Å². The summed E-state index contributed by atoms with van der Waals surface area (Å²) in [5.74, 6) is 1.66. The number of rotatable bonds is 4. The van der Waals surface area contributed by atoms with Gasteiger partial charge in [0, 0.05) is 6.04 Å². The van der Waals surface area contributed by atoms with Gasteiger partial charge in [-0.05, 0) is 43.9 Å². The van der Waals surface area contributed by atoms with E-state index in [-0.39, 0.29) is 5.91 Å². The molecule has 2 aliphatic rings. The molecule has 0 saturated heterocycles. The lowest BCUT2D eigenvalue weighted by Crippen LogP contribution is -2.56. The van der Waals surface area contributed by atoms with Crippen LogP contribution in [0.5, 0.6) is 0 Å². The molecule has 92 valence electrons. The van der Waals surface area contributed by atoms with Crippen molar-refractivity contribution in [2.45, 2.75) is 64.0 Å². The molecular formula is C13H24N2O. The van der Waals surface area contributed by atoms with Gasteiger partial charge in [0.15, 0.2) is 0 Å². The minimum absolute atomic E-state index is 0.0649. The zero-order valence-electron chi connectivity index (χ0n) is 10.5. The molecule has 0 aromatic heterocycles. The molecule has 3 unspecified atom stereocenters. The van der Waals surface area contributed by atoms with Crippen LogP contribution in [0.4, 0.5) is 0 Å². The molecule has 2 rings (SSSR count). The quantitative estimate of drug-likeness (QED) is 0.765. The topological polar surface area (TPSA) is 55.1 Å². The summed E-state index contributed by atoms with van der Waals surface area (Å²) in [6, 6.07) is 0.410. The normalized spacial score (nSPS) is 33.1. The van der Waals surface area contributed by atoms with E-state index in [0.29, 0.717) is 6.04 Å². The third-order valence-electron chi connectivity index (χ3n) is 4.77. The highest BCUT2D eigenvalue weighted by atomic mass is 16.2. The molecule has 2 saturated carbocycles. The van der Waals surface area contributed by atoms with Crippen LogP contribution in [0.3, 0.4) is 0 Å². The van der Waals surface area contributed by atoms with Crippen LogP contribution in [-0.4, -0.2) is 17.5 Å². The standard InChI is InChI=1S/C13H24N2O/c1-3-13(14,4-2)12(16)15-11-8-9-5-6-10(11)7-9/h9-11H,3-8,14H2,1-2H3,(H,15,16). The second-order valence-electron chi connectivity index (χ2n) is 5.62. The lowest BCUT2D eigenvalue weighted by atomic mass is 9.90. The van der Waals surface area contributed by atoms with Gasteiger partial charge in [-0.25, -0.2) is 0 Å². The first-order chi connectivity index (χ1) is 7.59. The Balaban J connectivity index is 1.92. The third kappa shape index (κ3) is 1.97. The molecule has 0 aromatic carbocycles. The molecule has 1 amide bonds.